The second-order valence-corrected chi connectivity index (χ2v) is 7.34. The fourth-order valence-electron chi connectivity index (χ4n) is 3.01. The van der Waals surface area contributed by atoms with Crippen molar-refractivity contribution in [3.8, 4) is 11.1 Å². The Balaban J connectivity index is 2.30. The van der Waals surface area contributed by atoms with Crippen molar-refractivity contribution in [1.82, 2.24) is 4.40 Å². The summed E-state index contributed by atoms with van der Waals surface area (Å²) >= 11 is 0. The van der Waals surface area contributed by atoms with Crippen LogP contribution in [0.4, 0.5) is 0 Å². The second-order valence-electron chi connectivity index (χ2n) is 7.34. The van der Waals surface area contributed by atoms with Crippen LogP contribution in [-0.4, -0.2) is 10.7 Å². The zero-order chi connectivity index (χ0) is 16.8. The van der Waals surface area contributed by atoms with E-state index in [9.17, 15) is 4.79 Å². The molecule has 0 saturated carbocycles. The van der Waals surface area contributed by atoms with Gasteiger partial charge in [0.2, 0.25) is 0 Å². The first-order valence-electron chi connectivity index (χ1n) is 7.99. The normalized spacial score (nSPS) is 11.9. The van der Waals surface area contributed by atoms with Gasteiger partial charge in [-0.2, -0.15) is 0 Å². The van der Waals surface area contributed by atoms with Crippen LogP contribution in [0.3, 0.4) is 0 Å². The van der Waals surface area contributed by atoms with Crippen molar-refractivity contribution >= 4 is 11.8 Å². The maximum absolute atomic E-state index is 11.8. The van der Waals surface area contributed by atoms with Gasteiger partial charge in [0.1, 0.15) is 0 Å². The van der Waals surface area contributed by atoms with Gasteiger partial charge in [-0.3, -0.25) is 4.79 Å². The molecule has 0 bridgehead atoms. The number of hydrogen-bond donors (Lipinski definition) is 0. The molecule has 0 spiro atoms. The summed E-state index contributed by atoms with van der Waals surface area (Å²) in [5, 5.41) is 0. The standard InChI is InChI=1S/C21H23NO/c1-14-6-9-17-11-19(20(13-23)22(17)12-14)18-10-16(21(3,4)5)8-7-15(18)2/h6-13H,1-5H3. The van der Waals surface area contributed by atoms with E-state index in [-0.39, 0.29) is 5.41 Å². The Bertz CT molecular complexity index is 894. The van der Waals surface area contributed by atoms with Gasteiger partial charge in [0.05, 0.1) is 5.69 Å². The van der Waals surface area contributed by atoms with Crippen LogP contribution >= 0.6 is 0 Å². The summed E-state index contributed by atoms with van der Waals surface area (Å²) in [7, 11) is 0. The highest BCUT2D eigenvalue weighted by molar-refractivity contribution is 5.90. The van der Waals surface area contributed by atoms with E-state index in [1.54, 1.807) is 0 Å². The molecule has 2 nitrogen and oxygen atoms in total. The number of aldehydes is 1. The summed E-state index contributed by atoms with van der Waals surface area (Å²) in [4.78, 5) is 11.8. The molecule has 1 aromatic carbocycles. The molecule has 0 aliphatic rings. The molecule has 0 atom stereocenters. The summed E-state index contributed by atoms with van der Waals surface area (Å²) in [5.41, 5.74) is 7.61. The molecule has 0 amide bonds. The molecular weight excluding hydrogens is 282 g/mol. The van der Waals surface area contributed by atoms with Crippen LogP contribution in [0.5, 0.6) is 0 Å². The Labute approximate surface area is 137 Å². The lowest BCUT2D eigenvalue weighted by molar-refractivity contribution is 0.111. The lowest BCUT2D eigenvalue weighted by atomic mass is 9.84. The molecule has 2 heteroatoms. The fraction of sp³-hybridized carbons (Fsp3) is 0.286. The second kappa shape index (κ2) is 5.38. The van der Waals surface area contributed by atoms with E-state index in [2.05, 4.69) is 64.1 Å². The van der Waals surface area contributed by atoms with Gasteiger partial charge < -0.3 is 4.40 Å². The maximum Gasteiger partial charge on any atom is 0.167 e. The van der Waals surface area contributed by atoms with E-state index in [0.717, 1.165) is 34.2 Å². The van der Waals surface area contributed by atoms with E-state index in [4.69, 9.17) is 0 Å². The first-order valence-corrected chi connectivity index (χ1v) is 7.99. The topological polar surface area (TPSA) is 21.5 Å². The molecule has 0 fully saturated rings. The van der Waals surface area contributed by atoms with Gasteiger partial charge in [-0.05, 0) is 53.6 Å². The van der Waals surface area contributed by atoms with Crippen LogP contribution in [0.25, 0.3) is 16.6 Å². The monoisotopic (exact) mass is 305 g/mol. The Hall–Kier alpha value is -2.35. The fourth-order valence-corrected chi connectivity index (χ4v) is 3.01. The number of carbonyl (C=O) groups is 1. The van der Waals surface area contributed by atoms with Crippen LogP contribution in [0.1, 0.15) is 48.0 Å². The average molecular weight is 305 g/mol. The van der Waals surface area contributed by atoms with E-state index >= 15 is 0 Å². The van der Waals surface area contributed by atoms with Crippen molar-refractivity contribution in [2.45, 2.75) is 40.0 Å². The van der Waals surface area contributed by atoms with Crippen molar-refractivity contribution in [3.05, 3.63) is 65.0 Å². The van der Waals surface area contributed by atoms with Crippen LogP contribution in [0.15, 0.2) is 42.6 Å². The van der Waals surface area contributed by atoms with Crippen molar-refractivity contribution < 1.29 is 4.79 Å². The van der Waals surface area contributed by atoms with Crippen molar-refractivity contribution in [2.75, 3.05) is 0 Å². The molecular formula is C21H23NO. The minimum absolute atomic E-state index is 0.0829. The van der Waals surface area contributed by atoms with Gasteiger partial charge in [-0.1, -0.05) is 45.0 Å². The largest absolute Gasteiger partial charge is 0.313 e. The molecule has 2 heterocycles. The Morgan fingerprint density at radius 2 is 1.70 bits per heavy atom. The Kier molecular flexibility index (Phi) is 3.63. The van der Waals surface area contributed by atoms with Gasteiger partial charge in [-0.15, -0.1) is 0 Å². The third-order valence-corrected chi connectivity index (χ3v) is 4.46. The highest BCUT2D eigenvalue weighted by Crippen LogP contribution is 2.33. The highest BCUT2D eigenvalue weighted by atomic mass is 16.1. The molecule has 0 aliphatic carbocycles. The summed E-state index contributed by atoms with van der Waals surface area (Å²) in [6.07, 6.45) is 2.98. The molecule has 0 saturated heterocycles. The molecule has 23 heavy (non-hydrogen) atoms. The first kappa shape index (κ1) is 15.5. The predicted molar refractivity (Wildman–Crippen MR) is 96.4 cm³/mol. The number of aromatic nitrogens is 1. The van der Waals surface area contributed by atoms with Crippen LogP contribution in [-0.2, 0) is 5.41 Å². The van der Waals surface area contributed by atoms with Crippen molar-refractivity contribution in [3.63, 3.8) is 0 Å². The van der Waals surface area contributed by atoms with E-state index in [1.165, 1.54) is 11.1 Å². The Morgan fingerprint density at radius 3 is 2.35 bits per heavy atom. The number of hydrogen-bond acceptors (Lipinski definition) is 1. The zero-order valence-corrected chi connectivity index (χ0v) is 14.5. The molecule has 118 valence electrons. The highest BCUT2D eigenvalue weighted by Gasteiger charge is 2.18. The van der Waals surface area contributed by atoms with Gasteiger partial charge in [-0.25, -0.2) is 0 Å². The van der Waals surface area contributed by atoms with Crippen molar-refractivity contribution in [1.29, 1.82) is 0 Å². The summed E-state index contributed by atoms with van der Waals surface area (Å²) in [5.74, 6) is 0. The smallest absolute Gasteiger partial charge is 0.167 e. The minimum atomic E-state index is 0.0829. The summed E-state index contributed by atoms with van der Waals surface area (Å²) in [6.45, 7) is 10.8. The number of benzene rings is 1. The average Bonchev–Trinajstić information content (AvgIpc) is 2.83. The number of rotatable bonds is 2. The Morgan fingerprint density at radius 1 is 0.957 bits per heavy atom. The lowest BCUT2D eigenvalue weighted by Crippen LogP contribution is -2.11. The number of aryl methyl sites for hydroxylation is 2. The SMILES string of the molecule is Cc1ccc2cc(-c3cc(C(C)(C)C)ccc3C)c(C=O)n2c1. The van der Waals surface area contributed by atoms with Gasteiger partial charge in [0.25, 0.3) is 0 Å². The number of fused-ring (bicyclic) bond motifs is 1. The van der Waals surface area contributed by atoms with Gasteiger partial charge in [0, 0.05) is 17.3 Å². The van der Waals surface area contributed by atoms with Gasteiger partial charge in [0.15, 0.2) is 6.29 Å². The zero-order valence-electron chi connectivity index (χ0n) is 14.5. The molecule has 3 rings (SSSR count). The predicted octanol–water partition coefficient (Wildman–Crippen LogP) is 5.33. The minimum Gasteiger partial charge on any atom is -0.313 e. The van der Waals surface area contributed by atoms with Gasteiger partial charge >= 0.3 is 0 Å². The molecule has 0 radical (unpaired) electrons. The third-order valence-electron chi connectivity index (χ3n) is 4.46. The molecule has 0 aliphatic heterocycles. The molecule has 2 aromatic heterocycles. The van der Waals surface area contributed by atoms with Crippen LogP contribution < -0.4 is 0 Å². The number of pyridine rings is 1. The van der Waals surface area contributed by atoms with E-state index in [1.807, 2.05) is 17.5 Å². The quantitative estimate of drug-likeness (QED) is 0.586. The number of carbonyl (C=O) groups excluding carboxylic acids is 1. The van der Waals surface area contributed by atoms with Crippen molar-refractivity contribution in [2.24, 2.45) is 0 Å². The maximum atomic E-state index is 11.8. The summed E-state index contributed by atoms with van der Waals surface area (Å²) in [6, 6.07) is 12.8. The van der Waals surface area contributed by atoms with Crippen LogP contribution in [0, 0.1) is 13.8 Å². The van der Waals surface area contributed by atoms with Crippen LogP contribution in [0.2, 0.25) is 0 Å². The van der Waals surface area contributed by atoms with E-state index < -0.39 is 0 Å². The lowest BCUT2D eigenvalue weighted by Gasteiger charge is -2.20. The number of nitrogens with zero attached hydrogens (tertiary/aromatic N) is 1. The first-order chi connectivity index (χ1) is 10.8. The third kappa shape index (κ3) is 2.70. The molecule has 3 aromatic rings. The summed E-state index contributed by atoms with van der Waals surface area (Å²) < 4.78 is 1.99. The molecule has 0 N–H and O–H groups in total. The molecule has 0 unspecified atom stereocenters. The van der Waals surface area contributed by atoms with E-state index in [0.29, 0.717) is 0 Å².